The van der Waals surface area contributed by atoms with Gasteiger partial charge in [0.05, 0.1) is 25.4 Å². The first-order chi connectivity index (χ1) is 22.6. The molecule has 1 aliphatic carbocycles. The summed E-state index contributed by atoms with van der Waals surface area (Å²) in [6.07, 6.45) is 6.32. The molecule has 2 amide bonds. The number of halogens is 4. The molecule has 1 aliphatic heterocycles. The summed E-state index contributed by atoms with van der Waals surface area (Å²) in [6.45, 7) is 5.32. The van der Waals surface area contributed by atoms with Crippen LogP contribution < -0.4 is 15.0 Å². The first-order valence-corrected chi connectivity index (χ1v) is 17.0. The van der Waals surface area contributed by atoms with Crippen molar-refractivity contribution in [2.24, 2.45) is 5.92 Å². The van der Waals surface area contributed by atoms with Crippen molar-refractivity contribution in [1.29, 1.82) is 0 Å². The van der Waals surface area contributed by atoms with Gasteiger partial charge in [-0.1, -0.05) is 83.4 Å². The highest BCUT2D eigenvalue weighted by Crippen LogP contribution is 2.34. The highest BCUT2D eigenvalue weighted by Gasteiger charge is 2.40. The van der Waals surface area contributed by atoms with Crippen LogP contribution in [-0.4, -0.2) is 72.0 Å². The van der Waals surface area contributed by atoms with Crippen molar-refractivity contribution in [2.75, 3.05) is 50.9 Å². The van der Waals surface area contributed by atoms with E-state index in [1.54, 1.807) is 29.2 Å². The Bertz CT molecular complexity index is 1510. The molecular weight excluding hydrogens is 664 g/mol. The van der Waals surface area contributed by atoms with E-state index in [9.17, 15) is 14.0 Å². The maximum atomic E-state index is 13.9. The summed E-state index contributed by atoms with van der Waals surface area (Å²) in [5, 5.41) is 2.92. The van der Waals surface area contributed by atoms with Crippen molar-refractivity contribution >= 4 is 52.3 Å². The van der Waals surface area contributed by atoms with E-state index in [4.69, 9.17) is 44.3 Å². The Kier molecular flexibility index (Phi) is 12.2. The van der Waals surface area contributed by atoms with Crippen LogP contribution in [0, 0.1) is 11.7 Å². The number of hydrogen-bond donors (Lipinski definition) is 1. The number of morpholine rings is 1. The van der Waals surface area contributed by atoms with Crippen LogP contribution in [-0.2, 0) is 16.0 Å². The van der Waals surface area contributed by atoms with Gasteiger partial charge in [-0.15, -0.1) is 0 Å². The minimum atomic E-state index is -2.14. The molecule has 0 spiro atoms. The molecule has 0 bridgehead atoms. The molecule has 1 saturated heterocycles. The van der Waals surface area contributed by atoms with Crippen molar-refractivity contribution in [3.8, 4) is 5.75 Å². The number of ether oxygens (including phenoxy) is 2. The Balaban J connectivity index is 1.33. The zero-order valence-corrected chi connectivity index (χ0v) is 28.3. The Hall–Kier alpha value is -3.14. The van der Waals surface area contributed by atoms with E-state index in [0.29, 0.717) is 43.7 Å². The fourth-order valence-corrected chi connectivity index (χ4v) is 6.12. The summed E-state index contributed by atoms with van der Waals surface area (Å²) >= 11 is 17.8. The molecule has 2 atom stereocenters. The smallest absolute Gasteiger partial charge is 0.272 e. The summed E-state index contributed by atoms with van der Waals surface area (Å²) < 4.78 is 23.0. The molecule has 47 heavy (non-hydrogen) atoms. The number of carbonyl (C=O) groups excluding carboxylic acids is 2. The van der Waals surface area contributed by atoms with E-state index in [2.05, 4.69) is 10.2 Å². The fourth-order valence-electron chi connectivity index (χ4n) is 5.97. The predicted octanol–water partition coefficient (Wildman–Crippen LogP) is 7.01. The van der Waals surface area contributed by atoms with Gasteiger partial charge in [-0.3, -0.25) is 14.5 Å². The topological polar surface area (TPSA) is 71.1 Å². The molecule has 250 valence electrons. The first kappa shape index (κ1) is 35.2. The van der Waals surface area contributed by atoms with Gasteiger partial charge in [0.2, 0.25) is 0 Å². The average molecular weight is 703 g/mol. The van der Waals surface area contributed by atoms with Crippen molar-refractivity contribution in [1.82, 2.24) is 10.2 Å². The van der Waals surface area contributed by atoms with Gasteiger partial charge in [0.1, 0.15) is 11.6 Å². The molecule has 11 heteroatoms. The van der Waals surface area contributed by atoms with Crippen LogP contribution in [0.4, 0.5) is 10.1 Å². The van der Waals surface area contributed by atoms with Crippen LogP contribution in [0.2, 0.25) is 0 Å². The molecule has 0 saturated carbocycles. The fraction of sp³-hybridized carbons (Fsp3) is 0.389. The van der Waals surface area contributed by atoms with Crippen LogP contribution in [0.5, 0.6) is 5.75 Å². The molecule has 0 radical (unpaired) electrons. The predicted molar refractivity (Wildman–Crippen MR) is 185 cm³/mol. The monoisotopic (exact) mass is 701 g/mol. The van der Waals surface area contributed by atoms with Gasteiger partial charge in [-0.25, -0.2) is 4.39 Å². The molecule has 0 aromatic heterocycles. The van der Waals surface area contributed by atoms with Crippen LogP contribution in [0.3, 0.4) is 0 Å². The van der Waals surface area contributed by atoms with Crippen molar-refractivity contribution in [3.63, 3.8) is 0 Å². The number of nitrogens with one attached hydrogen (secondary N) is 1. The van der Waals surface area contributed by atoms with Gasteiger partial charge in [0.25, 0.3) is 15.6 Å². The Morgan fingerprint density at radius 2 is 1.77 bits per heavy atom. The summed E-state index contributed by atoms with van der Waals surface area (Å²) in [6, 6.07) is 22.9. The lowest BCUT2D eigenvalue weighted by atomic mass is 9.78. The number of anilines is 1. The lowest BCUT2D eigenvalue weighted by molar-refractivity contribution is -0.121. The van der Waals surface area contributed by atoms with E-state index >= 15 is 0 Å². The van der Waals surface area contributed by atoms with Gasteiger partial charge >= 0.3 is 0 Å². The third kappa shape index (κ3) is 10.2. The number of hydrogen-bond acceptors (Lipinski definition) is 5. The maximum absolute atomic E-state index is 13.9. The Morgan fingerprint density at radius 1 is 1.02 bits per heavy atom. The number of alkyl halides is 3. The average Bonchev–Trinajstić information content (AvgIpc) is 3.08. The van der Waals surface area contributed by atoms with Gasteiger partial charge in [0, 0.05) is 43.5 Å². The molecular formula is C36H39Cl3FN3O4. The number of amides is 2. The molecule has 2 aliphatic rings. The quantitative estimate of drug-likeness (QED) is 0.125. The van der Waals surface area contributed by atoms with E-state index < -0.39 is 15.2 Å². The highest BCUT2D eigenvalue weighted by atomic mass is 35.6. The molecule has 3 aromatic rings. The molecule has 3 aromatic carbocycles. The second kappa shape index (κ2) is 16.3. The Labute approximate surface area is 290 Å². The van der Waals surface area contributed by atoms with Crippen molar-refractivity contribution in [2.45, 2.75) is 35.0 Å². The highest BCUT2D eigenvalue weighted by molar-refractivity contribution is 6.76. The van der Waals surface area contributed by atoms with Crippen LogP contribution >= 0.6 is 34.8 Å². The van der Waals surface area contributed by atoms with E-state index in [0.717, 1.165) is 50.5 Å². The van der Waals surface area contributed by atoms with Gasteiger partial charge in [-0.2, -0.15) is 0 Å². The van der Waals surface area contributed by atoms with Crippen LogP contribution in [0.1, 0.15) is 35.2 Å². The molecule has 1 fully saturated rings. The van der Waals surface area contributed by atoms with Gasteiger partial charge < -0.3 is 19.7 Å². The molecule has 5 rings (SSSR count). The second-order valence-electron chi connectivity index (χ2n) is 12.0. The summed E-state index contributed by atoms with van der Waals surface area (Å²) in [4.78, 5) is 30.9. The third-order valence-electron chi connectivity index (χ3n) is 8.50. The normalized spacial score (nSPS) is 20.0. The van der Waals surface area contributed by atoms with Gasteiger partial charge in [-0.05, 0) is 73.6 Å². The Morgan fingerprint density at radius 3 is 2.45 bits per heavy atom. The number of carbonyl (C=O) groups is 2. The SMILES string of the molecule is O=C(c1ccccc1)N(CC1C=CC(Cc2ccc(F)cc2)(NC(=O)C(Cl)(Cl)Cl)CC1)c1cccc(OCCCN2CCOCC2)c1. The largest absolute Gasteiger partial charge is 0.493 e. The second-order valence-corrected chi connectivity index (χ2v) is 14.3. The van der Waals surface area contributed by atoms with E-state index in [-0.39, 0.29) is 17.6 Å². The minimum Gasteiger partial charge on any atom is -0.493 e. The van der Waals surface area contributed by atoms with Crippen molar-refractivity contribution < 1.29 is 23.5 Å². The lowest BCUT2D eigenvalue weighted by Gasteiger charge is -2.38. The molecule has 2 unspecified atom stereocenters. The maximum Gasteiger partial charge on any atom is 0.272 e. The molecule has 1 heterocycles. The van der Waals surface area contributed by atoms with E-state index in [1.165, 1.54) is 12.1 Å². The zero-order chi connectivity index (χ0) is 33.3. The van der Waals surface area contributed by atoms with Crippen LogP contribution in [0.15, 0.2) is 91.0 Å². The number of nitrogens with zero attached hydrogens (tertiary/aromatic N) is 2. The first-order valence-electron chi connectivity index (χ1n) is 15.8. The summed E-state index contributed by atoms with van der Waals surface area (Å²) in [5.74, 6) is -0.557. The number of benzene rings is 3. The minimum absolute atomic E-state index is 0.0354. The zero-order valence-electron chi connectivity index (χ0n) is 26.1. The van der Waals surface area contributed by atoms with Crippen LogP contribution in [0.25, 0.3) is 0 Å². The standard InChI is InChI=1S/C36H39Cl3FN3O4/c37-36(38,39)34(45)41-35(25-27-10-12-30(40)13-11-27)16-14-28(15-17-35)26-43(33(44)29-6-2-1-3-7-29)31-8-4-9-32(24-31)47-21-5-18-42-19-22-46-23-20-42/h1-4,6-14,16,24,28H,5,15,17-23,25-26H2,(H,41,45). The molecule has 1 N–H and O–H groups in total. The summed E-state index contributed by atoms with van der Waals surface area (Å²) in [5.41, 5.74) is 1.26. The van der Waals surface area contributed by atoms with Gasteiger partial charge in [0.15, 0.2) is 0 Å². The third-order valence-corrected chi connectivity index (χ3v) is 9.02. The molecule has 7 nitrogen and oxygen atoms in total. The lowest BCUT2D eigenvalue weighted by Crippen LogP contribution is -2.53. The number of rotatable bonds is 12. The van der Waals surface area contributed by atoms with E-state index in [1.807, 2.05) is 54.6 Å². The van der Waals surface area contributed by atoms with Crippen molar-refractivity contribution in [3.05, 3.63) is 108 Å². The summed E-state index contributed by atoms with van der Waals surface area (Å²) in [7, 11) is 0.